The van der Waals surface area contributed by atoms with Gasteiger partial charge in [0.25, 0.3) is 0 Å². The van der Waals surface area contributed by atoms with Gasteiger partial charge in [-0.25, -0.2) is 0 Å². The average molecular weight is 493 g/mol. The Hall–Kier alpha value is -1.30. The largest absolute Gasteiger partial charge is 0.463 e. The highest BCUT2D eigenvalue weighted by Crippen LogP contribution is 2.32. The summed E-state index contributed by atoms with van der Waals surface area (Å²) in [7, 11) is 0. The van der Waals surface area contributed by atoms with Crippen LogP contribution in [0.1, 0.15) is 39.5 Å². The molecule has 0 aliphatic heterocycles. The number of ether oxygens (including phenoxy) is 8. The van der Waals surface area contributed by atoms with Crippen molar-refractivity contribution in [2.45, 2.75) is 39.5 Å². The normalized spacial score (nSPS) is 18.1. The summed E-state index contributed by atoms with van der Waals surface area (Å²) in [6, 6.07) is 0. The van der Waals surface area contributed by atoms with Crippen LogP contribution in [-0.2, 0) is 47.5 Å². The number of rotatable bonds is 22. The minimum atomic E-state index is -0.470. The highest BCUT2D eigenvalue weighted by molar-refractivity contribution is 5.82. The molecule has 0 amide bonds. The van der Waals surface area contributed by atoms with Crippen molar-refractivity contribution in [1.29, 1.82) is 0 Å². The summed E-state index contributed by atoms with van der Waals surface area (Å²) in [4.78, 5) is 25.0. The summed E-state index contributed by atoms with van der Waals surface area (Å²) in [5.41, 5.74) is 0. The maximum absolute atomic E-state index is 12.5. The van der Waals surface area contributed by atoms with Gasteiger partial charge >= 0.3 is 11.9 Å². The number of carbonyl (C=O) groups is 2. The fourth-order valence-corrected chi connectivity index (χ4v) is 3.48. The fraction of sp³-hybridized carbons (Fsp3) is 0.917. The maximum Gasteiger partial charge on any atom is 0.309 e. The zero-order valence-electron chi connectivity index (χ0n) is 21.0. The van der Waals surface area contributed by atoms with Crippen LogP contribution < -0.4 is 0 Å². The van der Waals surface area contributed by atoms with Crippen molar-refractivity contribution < 1.29 is 47.5 Å². The number of esters is 2. The van der Waals surface area contributed by atoms with E-state index < -0.39 is 11.8 Å². The van der Waals surface area contributed by atoms with Crippen LogP contribution in [0.3, 0.4) is 0 Å². The molecule has 200 valence electrons. The molecule has 0 aromatic carbocycles. The summed E-state index contributed by atoms with van der Waals surface area (Å²) in [6.45, 7) is 10.0. The van der Waals surface area contributed by atoms with Gasteiger partial charge in [-0.15, -0.1) is 0 Å². The van der Waals surface area contributed by atoms with Crippen LogP contribution >= 0.6 is 0 Å². The molecular formula is C24H44O10. The second kappa shape index (κ2) is 22.2. The molecule has 1 aliphatic rings. The van der Waals surface area contributed by atoms with Crippen molar-refractivity contribution >= 4 is 11.9 Å². The minimum Gasteiger partial charge on any atom is -0.463 e. The van der Waals surface area contributed by atoms with Crippen LogP contribution in [0.25, 0.3) is 0 Å². The van der Waals surface area contributed by atoms with Crippen LogP contribution in [0.4, 0.5) is 0 Å². The molecule has 10 heteroatoms. The van der Waals surface area contributed by atoms with Crippen molar-refractivity contribution in [3.05, 3.63) is 0 Å². The van der Waals surface area contributed by atoms with Gasteiger partial charge in [0, 0.05) is 13.2 Å². The van der Waals surface area contributed by atoms with Crippen molar-refractivity contribution in [2.75, 3.05) is 92.5 Å². The molecule has 34 heavy (non-hydrogen) atoms. The molecule has 1 fully saturated rings. The predicted octanol–water partition coefficient (Wildman–Crippen LogP) is 2.02. The number of hydrogen-bond acceptors (Lipinski definition) is 10. The molecule has 0 N–H and O–H groups in total. The van der Waals surface area contributed by atoms with Crippen LogP contribution in [0.15, 0.2) is 0 Å². The summed E-state index contributed by atoms with van der Waals surface area (Å²) in [5.74, 6) is -1.66. The van der Waals surface area contributed by atoms with Crippen LogP contribution in [0.5, 0.6) is 0 Å². The molecular weight excluding hydrogens is 448 g/mol. The third-order valence-electron chi connectivity index (χ3n) is 5.21. The highest BCUT2D eigenvalue weighted by atomic mass is 16.6. The van der Waals surface area contributed by atoms with E-state index in [0.717, 1.165) is 12.8 Å². The van der Waals surface area contributed by atoms with E-state index in [0.29, 0.717) is 78.9 Å². The predicted molar refractivity (Wildman–Crippen MR) is 124 cm³/mol. The van der Waals surface area contributed by atoms with Crippen molar-refractivity contribution in [3.63, 3.8) is 0 Å². The van der Waals surface area contributed by atoms with E-state index in [1.165, 1.54) is 0 Å². The molecule has 1 aliphatic carbocycles. The summed E-state index contributed by atoms with van der Waals surface area (Å²) in [6.07, 6.45) is 3.04. The van der Waals surface area contributed by atoms with Gasteiger partial charge in [0.05, 0.1) is 77.9 Å². The quantitative estimate of drug-likeness (QED) is 0.164. The topological polar surface area (TPSA) is 108 Å². The first-order valence-corrected chi connectivity index (χ1v) is 12.5. The highest BCUT2D eigenvalue weighted by Gasteiger charge is 2.37. The first-order chi connectivity index (χ1) is 16.7. The Kier molecular flexibility index (Phi) is 20.0. The molecule has 0 bridgehead atoms. The summed E-state index contributed by atoms with van der Waals surface area (Å²) >= 11 is 0. The lowest BCUT2D eigenvalue weighted by molar-refractivity contribution is -0.164. The van der Waals surface area contributed by atoms with Crippen LogP contribution in [0, 0.1) is 11.8 Å². The summed E-state index contributed by atoms with van der Waals surface area (Å²) in [5, 5.41) is 0. The van der Waals surface area contributed by atoms with Crippen LogP contribution in [-0.4, -0.2) is 104 Å². The van der Waals surface area contributed by atoms with E-state index >= 15 is 0 Å². The van der Waals surface area contributed by atoms with Crippen molar-refractivity contribution in [1.82, 2.24) is 0 Å². The molecule has 0 heterocycles. The fourth-order valence-electron chi connectivity index (χ4n) is 3.48. The third kappa shape index (κ3) is 15.6. The van der Waals surface area contributed by atoms with Gasteiger partial charge < -0.3 is 37.9 Å². The Morgan fingerprint density at radius 2 is 0.794 bits per heavy atom. The number of hydrogen-bond donors (Lipinski definition) is 0. The van der Waals surface area contributed by atoms with Gasteiger partial charge in [-0.2, -0.15) is 0 Å². The van der Waals surface area contributed by atoms with E-state index in [2.05, 4.69) is 0 Å². The second-order valence-electron chi connectivity index (χ2n) is 7.68. The van der Waals surface area contributed by atoms with Crippen molar-refractivity contribution in [2.24, 2.45) is 11.8 Å². The van der Waals surface area contributed by atoms with E-state index in [4.69, 9.17) is 37.9 Å². The third-order valence-corrected chi connectivity index (χ3v) is 5.21. The molecule has 0 aromatic rings. The standard InChI is InChI=1S/C24H44O10/c1-3-27-9-11-29-13-15-31-17-19-33-23(25)21-7-5-6-8-22(21)24(26)34-20-18-32-16-14-30-12-10-28-4-2/h21-22H,3-20H2,1-2H3. The SMILES string of the molecule is CCOCCOCCOCCOC(=O)C1CCCCC1C(=O)OCCOCCOCCOCC. The molecule has 1 saturated carbocycles. The van der Waals surface area contributed by atoms with Gasteiger partial charge in [0.15, 0.2) is 0 Å². The molecule has 2 atom stereocenters. The van der Waals surface area contributed by atoms with Gasteiger partial charge in [-0.1, -0.05) is 12.8 Å². The Balaban J connectivity index is 2.11. The Morgan fingerprint density at radius 3 is 1.12 bits per heavy atom. The summed E-state index contributed by atoms with van der Waals surface area (Å²) < 4.78 is 42.5. The lowest BCUT2D eigenvalue weighted by atomic mass is 9.79. The second-order valence-corrected chi connectivity index (χ2v) is 7.68. The number of carbonyl (C=O) groups excluding carboxylic acids is 2. The van der Waals surface area contributed by atoms with Gasteiger partial charge in [0.1, 0.15) is 13.2 Å². The smallest absolute Gasteiger partial charge is 0.309 e. The molecule has 0 spiro atoms. The van der Waals surface area contributed by atoms with Crippen molar-refractivity contribution in [3.8, 4) is 0 Å². The molecule has 10 nitrogen and oxygen atoms in total. The molecule has 0 aromatic heterocycles. The molecule has 1 rings (SSSR count). The van der Waals surface area contributed by atoms with Gasteiger partial charge in [-0.05, 0) is 26.7 Å². The van der Waals surface area contributed by atoms with E-state index in [9.17, 15) is 9.59 Å². The first-order valence-electron chi connectivity index (χ1n) is 12.5. The van der Waals surface area contributed by atoms with Gasteiger partial charge in [-0.3, -0.25) is 9.59 Å². The van der Waals surface area contributed by atoms with E-state index in [-0.39, 0.29) is 38.4 Å². The first kappa shape index (κ1) is 30.7. The minimum absolute atomic E-state index is 0.149. The van der Waals surface area contributed by atoms with E-state index in [1.807, 2.05) is 13.8 Å². The molecule has 0 radical (unpaired) electrons. The average Bonchev–Trinajstić information content (AvgIpc) is 2.86. The van der Waals surface area contributed by atoms with E-state index in [1.54, 1.807) is 0 Å². The molecule has 2 unspecified atom stereocenters. The Morgan fingerprint density at radius 1 is 0.500 bits per heavy atom. The monoisotopic (exact) mass is 492 g/mol. The Labute approximate surface area is 203 Å². The Bertz CT molecular complexity index is 458. The molecule has 0 saturated heterocycles. The lowest BCUT2D eigenvalue weighted by Crippen LogP contribution is -2.35. The maximum atomic E-state index is 12.5. The van der Waals surface area contributed by atoms with Crippen LogP contribution in [0.2, 0.25) is 0 Å². The zero-order chi connectivity index (χ0) is 24.7. The lowest BCUT2D eigenvalue weighted by Gasteiger charge is -2.28. The zero-order valence-corrected chi connectivity index (χ0v) is 21.0. The van der Waals surface area contributed by atoms with Gasteiger partial charge in [0.2, 0.25) is 0 Å².